The summed E-state index contributed by atoms with van der Waals surface area (Å²) in [5.41, 5.74) is 0.617. The summed E-state index contributed by atoms with van der Waals surface area (Å²) in [6.07, 6.45) is 0.373. The van der Waals surface area contributed by atoms with Crippen molar-refractivity contribution in [3.63, 3.8) is 0 Å². The highest BCUT2D eigenvalue weighted by Crippen LogP contribution is 2.13. The minimum absolute atomic E-state index is 0.142. The Hall–Kier alpha value is -1.46. The predicted octanol–water partition coefficient (Wildman–Crippen LogP) is 1.52. The molecule has 20 heavy (non-hydrogen) atoms. The van der Waals surface area contributed by atoms with E-state index in [9.17, 15) is 14.3 Å². The van der Waals surface area contributed by atoms with E-state index in [1.165, 1.54) is 13.2 Å². The molecule has 0 aliphatic rings. The fraction of sp³-hybridized carbons (Fsp3) is 0.533. The van der Waals surface area contributed by atoms with Crippen LogP contribution in [0.25, 0.3) is 0 Å². The third-order valence-corrected chi connectivity index (χ3v) is 3.12. The van der Waals surface area contributed by atoms with E-state index in [1.807, 2.05) is 0 Å². The zero-order chi connectivity index (χ0) is 15.0. The highest BCUT2D eigenvalue weighted by atomic mass is 19.1. The number of carbonyl (C=O) groups excluding carboxylic acids is 1. The van der Waals surface area contributed by atoms with Gasteiger partial charge in [0, 0.05) is 19.6 Å². The first-order chi connectivity index (χ1) is 9.54. The Balaban J connectivity index is 2.33. The average Bonchev–Trinajstić information content (AvgIpc) is 2.44. The van der Waals surface area contributed by atoms with Crippen molar-refractivity contribution in [1.82, 2.24) is 5.32 Å². The van der Waals surface area contributed by atoms with Crippen LogP contribution in [0.1, 0.15) is 18.9 Å². The quantitative estimate of drug-likeness (QED) is 0.760. The van der Waals surface area contributed by atoms with Crippen LogP contribution in [0.15, 0.2) is 24.3 Å². The summed E-state index contributed by atoms with van der Waals surface area (Å²) < 4.78 is 18.2. The molecule has 1 aromatic rings. The summed E-state index contributed by atoms with van der Waals surface area (Å²) in [4.78, 5) is 11.8. The lowest BCUT2D eigenvalue weighted by molar-refractivity contribution is -0.125. The molecule has 5 heteroatoms. The molecule has 0 radical (unpaired) electrons. The zero-order valence-corrected chi connectivity index (χ0v) is 11.9. The number of carbonyl (C=O) groups is 1. The minimum Gasteiger partial charge on any atom is -0.389 e. The molecule has 0 aromatic heterocycles. The second-order valence-electron chi connectivity index (χ2n) is 4.89. The van der Waals surface area contributed by atoms with Crippen LogP contribution in [-0.2, 0) is 16.0 Å². The SMILES string of the molecule is COCC(O)CNC(=O)C(C)CCc1ccccc1F. The molecular weight excluding hydrogens is 261 g/mol. The fourth-order valence-electron chi connectivity index (χ4n) is 1.85. The van der Waals surface area contributed by atoms with E-state index >= 15 is 0 Å². The van der Waals surface area contributed by atoms with Gasteiger partial charge >= 0.3 is 0 Å². The molecule has 0 fully saturated rings. The van der Waals surface area contributed by atoms with Gasteiger partial charge in [-0.05, 0) is 24.5 Å². The van der Waals surface area contributed by atoms with Crippen molar-refractivity contribution < 1.29 is 19.0 Å². The van der Waals surface area contributed by atoms with E-state index in [1.54, 1.807) is 25.1 Å². The van der Waals surface area contributed by atoms with E-state index in [2.05, 4.69) is 5.32 Å². The third-order valence-electron chi connectivity index (χ3n) is 3.12. The molecule has 0 heterocycles. The first-order valence-electron chi connectivity index (χ1n) is 6.72. The van der Waals surface area contributed by atoms with Gasteiger partial charge < -0.3 is 15.2 Å². The first kappa shape index (κ1) is 16.6. The Bertz CT molecular complexity index is 425. The summed E-state index contributed by atoms with van der Waals surface area (Å²) in [6.45, 7) is 2.14. The number of halogens is 1. The molecular formula is C15H22FNO3. The number of rotatable bonds is 8. The molecule has 0 saturated heterocycles. The Morgan fingerprint density at radius 2 is 2.15 bits per heavy atom. The van der Waals surface area contributed by atoms with Crippen molar-refractivity contribution >= 4 is 5.91 Å². The van der Waals surface area contributed by atoms with Gasteiger partial charge in [0.2, 0.25) is 5.91 Å². The lowest BCUT2D eigenvalue weighted by Crippen LogP contribution is -2.37. The summed E-state index contributed by atoms with van der Waals surface area (Å²) in [6, 6.07) is 6.57. The second kappa shape index (κ2) is 8.66. The van der Waals surface area contributed by atoms with Crippen molar-refractivity contribution in [3.05, 3.63) is 35.6 Å². The number of nitrogens with one attached hydrogen (secondary N) is 1. The number of amides is 1. The maximum atomic E-state index is 13.4. The van der Waals surface area contributed by atoms with Crippen LogP contribution >= 0.6 is 0 Å². The number of hydrogen-bond donors (Lipinski definition) is 2. The van der Waals surface area contributed by atoms with Crippen LogP contribution in [0.2, 0.25) is 0 Å². The number of methoxy groups -OCH3 is 1. The van der Waals surface area contributed by atoms with Crippen LogP contribution in [0.5, 0.6) is 0 Å². The maximum absolute atomic E-state index is 13.4. The molecule has 2 unspecified atom stereocenters. The maximum Gasteiger partial charge on any atom is 0.222 e. The third kappa shape index (κ3) is 5.67. The molecule has 2 atom stereocenters. The molecule has 0 aliphatic carbocycles. The van der Waals surface area contributed by atoms with Gasteiger partial charge in [-0.1, -0.05) is 25.1 Å². The van der Waals surface area contributed by atoms with E-state index in [0.717, 1.165) is 0 Å². The van der Waals surface area contributed by atoms with E-state index in [0.29, 0.717) is 18.4 Å². The Labute approximate surface area is 119 Å². The van der Waals surface area contributed by atoms with Gasteiger partial charge in [0.05, 0.1) is 12.7 Å². The first-order valence-corrected chi connectivity index (χ1v) is 6.72. The topological polar surface area (TPSA) is 58.6 Å². The smallest absolute Gasteiger partial charge is 0.222 e. The molecule has 0 aliphatic heterocycles. The lowest BCUT2D eigenvalue weighted by atomic mass is 10.00. The molecule has 0 spiro atoms. The normalized spacial score (nSPS) is 13.8. The molecule has 4 nitrogen and oxygen atoms in total. The number of ether oxygens (including phenoxy) is 1. The molecule has 2 N–H and O–H groups in total. The standard InChI is InChI=1S/C15H22FNO3/c1-11(15(19)17-9-13(18)10-20-2)7-8-12-5-3-4-6-14(12)16/h3-6,11,13,18H,7-10H2,1-2H3,(H,17,19). The van der Waals surface area contributed by atoms with E-state index in [4.69, 9.17) is 4.74 Å². The van der Waals surface area contributed by atoms with E-state index in [-0.39, 0.29) is 30.8 Å². The number of hydrogen-bond acceptors (Lipinski definition) is 3. The Kier molecular flexibility index (Phi) is 7.18. The second-order valence-corrected chi connectivity index (χ2v) is 4.89. The Morgan fingerprint density at radius 3 is 2.80 bits per heavy atom. The molecule has 1 aromatic carbocycles. The number of aliphatic hydroxyl groups is 1. The van der Waals surface area contributed by atoms with Crippen molar-refractivity contribution in [2.24, 2.45) is 5.92 Å². The molecule has 0 bridgehead atoms. The summed E-state index contributed by atoms with van der Waals surface area (Å²) in [5.74, 6) is -0.614. The van der Waals surface area contributed by atoms with Crippen LogP contribution in [0, 0.1) is 11.7 Å². The molecule has 1 amide bonds. The fourth-order valence-corrected chi connectivity index (χ4v) is 1.85. The van der Waals surface area contributed by atoms with Gasteiger partial charge in [0.25, 0.3) is 0 Å². The summed E-state index contributed by atoms with van der Waals surface area (Å²) in [5, 5.41) is 12.1. The van der Waals surface area contributed by atoms with Crippen molar-refractivity contribution in [3.8, 4) is 0 Å². The van der Waals surface area contributed by atoms with E-state index < -0.39 is 6.10 Å². The van der Waals surface area contributed by atoms with Gasteiger partial charge in [0.15, 0.2) is 0 Å². The highest BCUT2D eigenvalue weighted by molar-refractivity contribution is 5.78. The highest BCUT2D eigenvalue weighted by Gasteiger charge is 2.15. The van der Waals surface area contributed by atoms with Crippen molar-refractivity contribution in [2.45, 2.75) is 25.9 Å². The van der Waals surface area contributed by atoms with Crippen molar-refractivity contribution in [2.75, 3.05) is 20.3 Å². The minimum atomic E-state index is -0.706. The monoisotopic (exact) mass is 283 g/mol. The average molecular weight is 283 g/mol. The van der Waals surface area contributed by atoms with Crippen molar-refractivity contribution in [1.29, 1.82) is 0 Å². The van der Waals surface area contributed by atoms with Crippen LogP contribution in [0.3, 0.4) is 0 Å². The number of benzene rings is 1. The van der Waals surface area contributed by atoms with Gasteiger partial charge in [-0.15, -0.1) is 0 Å². The van der Waals surface area contributed by atoms with Gasteiger partial charge in [-0.25, -0.2) is 4.39 Å². The number of aryl methyl sites for hydroxylation is 1. The van der Waals surface area contributed by atoms with Crippen LogP contribution < -0.4 is 5.32 Å². The zero-order valence-electron chi connectivity index (χ0n) is 11.9. The molecule has 112 valence electrons. The van der Waals surface area contributed by atoms with Gasteiger partial charge in [-0.2, -0.15) is 0 Å². The van der Waals surface area contributed by atoms with Gasteiger partial charge in [-0.3, -0.25) is 4.79 Å². The van der Waals surface area contributed by atoms with Crippen LogP contribution in [-0.4, -0.2) is 37.4 Å². The predicted molar refractivity (Wildman–Crippen MR) is 74.8 cm³/mol. The molecule has 0 saturated carbocycles. The van der Waals surface area contributed by atoms with Crippen LogP contribution in [0.4, 0.5) is 4.39 Å². The summed E-state index contributed by atoms with van der Waals surface area (Å²) in [7, 11) is 1.49. The Morgan fingerprint density at radius 1 is 1.45 bits per heavy atom. The van der Waals surface area contributed by atoms with Gasteiger partial charge in [0.1, 0.15) is 5.82 Å². The summed E-state index contributed by atoms with van der Waals surface area (Å²) >= 11 is 0. The molecule has 1 rings (SSSR count). The lowest BCUT2D eigenvalue weighted by Gasteiger charge is -2.15. The largest absolute Gasteiger partial charge is 0.389 e. The number of aliphatic hydroxyl groups excluding tert-OH is 1.